The number of carbonyl (C=O) groups excluding carboxylic acids is 1. The molecule has 0 aliphatic carbocycles. The van der Waals surface area contributed by atoms with Crippen molar-refractivity contribution < 1.29 is 19.4 Å². The van der Waals surface area contributed by atoms with E-state index in [9.17, 15) is 9.59 Å². The van der Waals surface area contributed by atoms with Crippen LogP contribution < -0.4 is 4.90 Å². The molecule has 0 saturated heterocycles. The summed E-state index contributed by atoms with van der Waals surface area (Å²) in [5.74, 6) is -1.14. The van der Waals surface area contributed by atoms with Gasteiger partial charge in [0.2, 0.25) is 0 Å². The van der Waals surface area contributed by atoms with Crippen molar-refractivity contribution in [3.8, 4) is 0 Å². The molecule has 0 aliphatic heterocycles. The number of esters is 1. The molecule has 0 radical (unpaired) electrons. The molecule has 21 heavy (non-hydrogen) atoms. The van der Waals surface area contributed by atoms with E-state index in [1.165, 1.54) is 0 Å². The van der Waals surface area contributed by atoms with Gasteiger partial charge in [-0.3, -0.25) is 4.79 Å². The summed E-state index contributed by atoms with van der Waals surface area (Å²) in [7, 11) is 0. The lowest BCUT2D eigenvalue weighted by Crippen LogP contribution is -2.27. The number of carboxylic acids is 1. The van der Waals surface area contributed by atoms with E-state index in [1.54, 1.807) is 19.1 Å². The van der Waals surface area contributed by atoms with Gasteiger partial charge in [-0.1, -0.05) is 13.3 Å². The van der Waals surface area contributed by atoms with Crippen LogP contribution in [0.25, 0.3) is 0 Å². The smallest absolute Gasteiger partial charge is 0.338 e. The van der Waals surface area contributed by atoms with Gasteiger partial charge in [-0.2, -0.15) is 0 Å². The average molecular weight is 293 g/mol. The Bertz CT molecular complexity index is 456. The molecule has 1 rings (SSSR count). The van der Waals surface area contributed by atoms with Crippen LogP contribution in [-0.2, 0) is 9.53 Å². The highest BCUT2D eigenvalue weighted by atomic mass is 16.5. The standard InChI is InChI=1S/C16H23NO4/c1-3-5-11-17(12-10-15(18)19)14-8-6-13(7-9-14)16(20)21-4-2/h6-9H,3-5,10-12H2,1-2H3,(H,18,19). The molecule has 0 amide bonds. The molecule has 0 aliphatic rings. The van der Waals surface area contributed by atoms with Crippen LogP contribution in [0.4, 0.5) is 5.69 Å². The van der Waals surface area contributed by atoms with Gasteiger partial charge in [0.15, 0.2) is 0 Å². The van der Waals surface area contributed by atoms with Gasteiger partial charge < -0.3 is 14.7 Å². The van der Waals surface area contributed by atoms with Crippen molar-refractivity contribution >= 4 is 17.6 Å². The number of unbranched alkanes of at least 4 members (excludes halogenated alkanes) is 1. The van der Waals surface area contributed by atoms with E-state index in [4.69, 9.17) is 9.84 Å². The Kier molecular flexibility index (Phi) is 7.29. The molecule has 1 aromatic carbocycles. The molecule has 0 spiro atoms. The Balaban J connectivity index is 2.76. The largest absolute Gasteiger partial charge is 0.481 e. The van der Waals surface area contributed by atoms with Gasteiger partial charge in [0.25, 0.3) is 0 Å². The summed E-state index contributed by atoms with van der Waals surface area (Å²) in [5, 5.41) is 8.82. The van der Waals surface area contributed by atoms with Gasteiger partial charge >= 0.3 is 11.9 Å². The number of hydrogen-bond acceptors (Lipinski definition) is 4. The predicted molar refractivity (Wildman–Crippen MR) is 81.8 cm³/mol. The number of ether oxygens (including phenoxy) is 1. The van der Waals surface area contributed by atoms with Gasteiger partial charge in [0.05, 0.1) is 18.6 Å². The van der Waals surface area contributed by atoms with Crippen molar-refractivity contribution in [1.82, 2.24) is 0 Å². The highest BCUT2D eigenvalue weighted by Gasteiger charge is 2.10. The number of rotatable bonds is 9. The topological polar surface area (TPSA) is 66.8 Å². The molecule has 0 saturated carbocycles. The molecule has 5 nitrogen and oxygen atoms in total. The fraction of sp³-hybridized carbons (Fsp3) is 0.500. The lowest BCUT2D eigenvalue weighted by atomic mass is 10.2. The number of nitrogens with zero attached hydrogens (tertiary/aromatic N) is 1. The van der Waals surface area contributed by atoms with Crippen LogP contribution in [0.15, 0.2) is 24.3 Å². The van der Waals surface area contributed by atoms with Crippen LogP contribution >= 0.6 is 0 Å². The molecule has 116 valence electrons. The maximum absolute atomic E-state index is 11.6. The van der Waals surface area contributed by atoms with Crippen molar-refractivity contribution in [3.63, 3.8) is 0 Å². The molecular weight excluding hydrogens is 270 g/mol. The number of anilines is 1. The van der Waals surface area contributed by atoms with E-state index < -0.39 is 5.97 Å². The Labute approximate surface area is 125 Å². The second-order valence-corrected chi connectivity index (χ2v) is 4.75. The van der Waals surface area contributed by atoms with Crippen LogP contribution in [0.2, 0.25) is 0 Å². The molecule has 0 aromatic heterocycles. The minimum Gasteiger partial charge on any atom is -0.481 e. The number of carbonyl (C=O) groups is 2. The van der Waals surface area contributed by atoms with E-state index in [0.717, 1.165) is 25.1 Å². The Morgan fingerprint density at radius 3 is 2.33 bits per heavy atom. The quantitative estimate of drug-likeness (QED) is 0.709. The first kappa shape index (κ1) is 17.0. The van der Waals surface area contributed by atoms with Crippen LogP contribution in [0.5, 0.6) is 0 Å². The zero-order chi connectivity index (χ0) is 15.7. The maximum atomic E-state index is 11.6. The molecule has 5 heteroatoms. The molecule has 0 bridgehead atoms. The van der Waals surface area contributed by atoms with E-state index in [2.05, 4.69) is 6.92 Å². The first-order valence-electron chi connectivity index (χ1n) is 7.32. The van der Waals surface area contributed by atoms with Gasteiger partial charge in [-0.25, -0.2) is 4.79 Å². The summed E-state index contributed by atoms with van der Waals surface area (Å²) in [5.41, 5.74) is 1.44. The molecule has 0 atom stereocenters. The second-order valence-electron chi connectivity index (χ2n) is 4.75. The van der Waals surface area contributed by atoms with Crippen molar-refractivity contribution in [3.05, 3.63) is 29.8 Å². The SMILES string of the molecule is CCCCN(CCC(=O)O)c1ccc(C(=O)OCC)cc1. The van der Waals surface area contributed by atoms with E-state index in [-0.39, 0.29) is 12.4 Å². The first-order valence-corrected chi connectivity index (χ1v) is 7.32. The lowest BCUT2D eigenvalue weighted by molar-refractivity contribution is -0.136. The summed E-state index contributed by atoms with van der Waals surface area (Å²) >= 11 is 0. The van der Waals surface area contributed by atoms with Crippen molar-refractivity contribution in [1.29, 1.82) is 0 Å². The minimum atomic E-state index is -0.806. The van der Waals surface area contributed by atoms with Crippen LogP contribution in [-0.4, -0.2) is 36.7 Å². The zero-order valence-corrected chi connectivity index (χ0v) is 12.7. The summed E-state index contributed by atoms with van der Waals surface area (Å²) in [6.07, 6.45) is 2.15. The fourth-order valence-electron chi connectivity index (χ4n) is 1.97. The van der Waals surface area contributed by atoms with Gasteiger partial charge in [0.1, 0.15) is 0 Å². The fourth-order valence-corrected chi connectivity index (χ4v) is 1.97. The number of carboxylic acid groups (broad SMARTS) is 1. The normalized spacial score (nSPS) is 10.2. The molecule has 0 unspecified atom stereocenters. The Morgan fingerprint density at radius 2 is 1.81 bits per heavy atom. The third kappa shape index (κ3) is 5.85. The van der Waals surface area contributed by atoms with Crippen LogP contribution in [0, 0.1) is 0 Å². The minimum absolute atomic E-state index is 0.101. The monoisotopic (exact) mass is 293 g/mol. The molecular formula is C16H23NO4. The summed E-state index contributed by atoms with van der Waals surface area (Å²) < 4.78 is 4.94. The van der Waals surface area contributed by atoms with Gasteiger partial charge in [0, 0.05) is 18.8 Å². The van der Waals surface area contributed by atoms with Crippen LogP contribution in [0.3, 0.4) is 0 Å². The summed E-state index contributed by atoms with van der Waals surface area (Å²) in [6, 6.07) is 7.10. The van der Waals surface area contributed by atoms with Crippen molar-refractivity contribution in [2.24, 2.45) is 0 Å². The third-order valence-electron chi connectivity index (χ3n) is 3.12. The number of hydrogen-bond donors (Lipinski definition) is 1. The van der Waals surface area contributed by atoms with Crippen LogP contribution in [0.1, 0.15) is 43.5 Å². The van der Waals surface area contributed by atoms with Crippen molar-refractivity contribution in [2.45, 2.75) is 33.1 Å². The lowest BCUT2D eigenvalue weighted by Gasteiger charge is -2.24. The summed E-state index contributed by atoms with van der Waals surface area (Å²) in [4.78, 5) is 24.4. The highest BCUT2D eigenvalue weighted by Crippen LogP contribution is 2.17. The molecule has 0 fully saturated rings. The van der Waals surface area contributed by atoms with E-state index in [0.29, 0.717) is 18.7 Å². The van der Waals surface area contributed by atoms with Gasteiger partial charge in [-0.05, 0) is 37.6 Å². The molecule has 0 heterocycles. The van der Waals surface area contributed by atoms with E-state index >= 15 is 0 Å². The number of aliphatic carboxylic acids is 1. The summed E-state index contributed by atoms with van der Waals surface area (Å²) in [6.45, 7) is 5.49. The Morgan fingerprint density at radius 1 is 1.14 bits per heavy atom. The first-order chi connectivity index (χ1) is 10.1. The highest BCUT2D eigenvalue weighted by molar-refractivity contribution is 5.89. The average Bonchev–Trinajstić information content (AvgIpc) is 2.47. The predicted octanol–water partition coefficient (Wildman–Crippen LogP) is 2.94. The molecule has 1 aromatic rings. The zero-order valence-electron chi connectivity index (χ0n) is 12.7. The second kappa shape index (κ2) is 9.00. The van der Waals surface area contributed by atoms with Crippen molar-refractivity contribution in [2.75, 3.05) is 24.6 Å². The maximum Gasteiger partial charge on any atom is 0.338 e. The Hall–Kier alpha value is -2.04. The molecule has 1 N–H and O–H groups in total. The number of benzene rings is 1. The van der Waals surface area contributed by atoms with Gasteiger partial charge in [-0.15, -0.1) is 0 Å². The van der Waals surface area contributed by atoms with E-state index in [1.807, 2.05) is 17.0 Å². The third-order valence-corrected chi connectivity index (χ3v) is 3.12.